The van der Waals surface area contributed by atoms with Crippen molar-refractivity contribution in [3.05, 3.63) is 29.6 Å². The van der Waals surface area contributed by atoms with Gasteiger partial charge >= 0.3 is 0 Å². The van der Waals surface area contributed by atoms with E-state index in [0.717, 1.165) is 12.5 Å². The summed E-state index contributed by atoms with van der Waals surface area (Å²) in [5.41, 5.74) is 0.287. The van der Waals surface area contributed by atoms with Crippen molar-refractivity contribution in [2.45, 2.75) is 20.3 Å². The van der Waals surface area contributed by atoms with Gasteiger partial charge in [-0.15, -0.1) is 0 Å². The number of hydrogen-bond donors (Lipinski definition) is 1. The van der Waals surface area contributed by atoms with Crippen LogP contribution in [-0.4, -0.2) is 29.0 Å². The van der Waals surface area contributed by atoms with E-state index in [4.69, 9.17) is 0 Å². The zero-order chi connectivity index (χ0) is 12.6. The minimum atomic E-state index is -0.541. The highest BCUT2D eigenvalue weighted by atomic mass is 19.1. The number of carbonyl (C=O) groups excluding carboxylic acids is 1. The summed E-state index contributed by atoms with van der Waals surface area (Å²) >= 11 is 0. The second-order valence-electron chi connectivity index (χ2n) is 5.30. The highest BCUT2D eigenvalue weighted by molar-refractivity contribution is 5.97. The van der Waals surface area contributed by atoms with Crippen LogP contribution in [-0.2, 0) is 0 Å². The van der Waals surface area contributed by atoms with Crippen LogP contribution in [0.2, 0.25) is 0 Å². The van der Waals surface area contributed by atoms with Crippen LogP contribution in [0.5, 0.6) is 5.75 Å². The SMILES string of the molecule is CC1(C)CCN(C(=O)c2ccc(F)cc2O)C1. The van der Waals surface area contributed by atoms with Crippen LogP contribution in [0.15, 0.2) is 18.2 Å². The van der Waals surface area contributed by atoms with E-state index in [0.29, 0.717) is 13.1 Å². The Bertz CT molecular complexity index is 457. The Morgan fingerprint density at radius 1 is 1.47 bits per heavy atom. The molecular weight excluding hydrogens is 221 g/mol. The van der Waals surface area contributed by atoms with Gasteiger partial charge in [0.1, 0.15) is 11.6 Å². The van der Waals surface area contributed by atoms with E-state index in [9.17, 15) is 14.3 Å². The molecule has 92 valence electrons. The van der Waals surface area contributed by atoms with Crippen molar-refractivity contribution in [3.63, 3.8) is 0 Å². The molecule has 1 amide bonds. The van der Waals surface area contributed by atoms with Crippen LogP contribution in [0, 0.1) is 11.2 Å². The first-order valence-electron chi connectivity index (χ1n) is 5.67. The number of benzene rings is 1. The zero-order valence-electron chi connectivity index (χ0n) is 10.0. The van der Waals surface area contributed by atoms with Gasteiger partial charge in [-0.25, -0.2) is 4.39 Å². The lowest BCUT2D eigenvalue weighted by atomic mass is 9.93. The smallest absolute Gasteiger partial charge is 0.257 e. The van der Waals surface area contributed by atoms with Crippen molar-refractivity contribution < 1.29 is 14.3 Å². The summed E-state index contributed by atoms with van der Waals surface area (Å²) in [6.07, 6.45) is 0.945. The molecule has 1 aliphatic rings. The second kappa shape index (κ2) is 4.02. The van der Waals surface area contributed by atoms with E-state index in [2.05, 4.69) is 13.8 Å². The average molecular weight is 237 g/mol. The predicted molar refractivity (Wildman–Crippen MR) is 62.4 cm³/mol. The lowest BCUT2D eigenvalue weighted by molar-refractivity contribution is 0.0775. The molecule has 0 unspecified atom stereocenters. The molecule has 1 saturated heterocycles. The first-order valence-corrected chi connectivity index (χ1v) is 5.67. The third-order valence-electron chi connectivity index (χ3n) is 3.15. The molecule has 1 heterocycles. The van der Waals surface area contributed by atoms with Crippen molar-refractivity contribution in [1.82, 2.24) is 4.90 Å². The standard InChI is InChI=1S/C13H16FNO2/c1-13(2)5-6-15(8-13)12(17)10-4-3-9(14)7-11(10)16/h3-4,7,16H,5-6,8H2,1-2H3. The first kappa shape index (κ1) is 11.9. The van der Waals surface area contributed by atoms with Crippen LogP contribution >= 0.6 is 0 Å². The van der Waals surface area contributed by atoms with E-state index in [1.54, 1.807) is 4.90 Å². The topological polar surface area (TPSA) is 40.5 Å². The molecule has 0 aromatic heterocycles. The zero-order valence-corrected chi connectivity index (χ0v) is 10.0. The van der Waals surface area contributed by atoms with E-state index in [1.165, 1.54) is 12.1 Å². The number of phenolic OH excluding ortho intramolecular Hbond substituents is 1. The summed E-state index contributed by atoms with van der Waals surface area (Å²) in [6, 6.07) is 3.49. The molecule has 2 rings (SSSR count). The number of carbonyl (C=O) groups is 1. The van der Waals surface area contributed by atoms with Gasteiger partial charge in [0.05, 0.1) is 5.56 Å². The van der Waals surface area contributed by atoms with Crippen LogP contribution in [0.1, 0.15) is 30.6 Å². The molecule has 0 bridgehead atoms. The van der Waals surface area contributed by atoms with Crippen molar-refractivity contribution in [1.29, 1.82) is 0 Å². The number of aromatic hydroxyl groups is 1. The molecule has 0 radical (unpaired) electrons. The molecule has 1 aromatic carbocycles. The molecule has 0 saturated carbocycles. The Morgan fingerprint density at radius 3 is 2.71 bits per heavy atom. The highest BCUT2D eigenvalue weighted by Crippen LogP contribution is 2.31. The number of likely N-dealkylation sites (tertiary alicyclic amines) is 1. The fraction of sp³-hybridized carbons (Fsp3) is 0.462. The predicted octanol–water partition coefficient (Wildman–Crippen LogP) is 2.40. The Kier molecular flexibility index (Phi) is 2.81. The van der Waals surface area contributed by atoms with Gasteiger partial charge < -0.3 is 10.0 Å². The Hall–Kier alpha value is -1.58. The Labute approximate surface area is 99.9 Å². The lowest BCUT2D eigenvalue weighted by Crippen LogP contribution is -2.30. The minimum absolute atomic E-state index is 0.116. The molecule has 1 aromatic rings. The number of phenols is 1. The van der Waals surface area contributed by atoms with E-state index < -0.39 is 5.82 Å². The van der Waals surface area contributed by atoms with Crippen molar-refractivity contribution in [2.75, 3.05) is 13.1 Å². The maximum absolute atomic E-state index is 12.8. The first-order chi connectivity index (χ1) is 7.89. The second-order valence-corrected chi connectivity index (χ2v) is 5.30. The number of hydrogen-bond acceptors (Lipinski definition) is 2. The molecule has 0 aliphatic carbocycles. The fourth-order valence-electron chi connectivity index (χ4n) is 2.14. The largest absolute Gasteiger partial charge is 0.507 e. The van der Waals surface area contributed by atoms with Gasteiger partial charge in [0.15, 0.2) is 0 Å². The molecule has 1 aliphatic heterocycles. The molecule has 1 fully saturated rings. The van der Waals surface area contributed by atoms with Gasteiger partial charge in [0, 0.05) is 19.2 Å². The molecule has 0 atom stereocenters. The maximum Gasteiger partial charge on any atom is 0.257 e. The van der Waals surface area contributed by atoms with Crippen LogP contribution in [0.4, 0.5) is 4.39 Å². The lowest BCUT2D eigenvalue weighted by Gasteiger charge is -2.20. The molecule has 17 heavy (non-hydrogen) atoms. The molecule has 1 N–H and O–H groups in total. The van der Waals surface area contributed by atoms with Gasteiger partial charge in [-0.2, -0.15) is 0 Å². The van der Waals surface area contributed by atoms with E-state index >= 15 is 0 Å². The van der Waals surface area contributed by atoms with Crippen LogP contribution in [0.25, 0.3) is 0 Å². The summed E-state index contributed by atoms with van der Waals surface area (Å²) in [6.45, 7) is 5.56. The molecule has 4 heteroatoms. The Morgan fingerprint density at radius 2 is 2.18 bits per heavy atom. The van der Waals surface area contributed by atoms with Gasteiger partial charge in [-0.05, 0) is 24.0 Å². The third-order valence-corrected chi connectivity index (χ3v) is 3.15. The van der Waals surface area contributed by atoms with E-state index in [1.807, 2.05) is 0 Å². The van der Waals surface area contributed by atoms with Crippen LogP contribution in [0.3, 0.4) is 0 Å². The molecule has 0 spiro atoms. The quantitative estimate of drug-likeness (QED) is 0.814. The van der Waals surface area contributed by atoms with Gasteiger partial charge in [0.25, 0.3) is 5.91 Å². The summed E-state index contributed by atoms with van der Waals surface area (Å²) in [5, 5.41) is 9.56. The summed E-state index contributed by atoms with van der Waals surface area (Å²) in [4.78, 5) is 13.8. The number of halogens is 1. The summed E-state index contributed by atoms with van der Waals surface area (Å²) in [7, 11) is 0. The average Bonchev–Trinajstić information content (AvgIpc) is 2.58. The van der Waals surface area contributed by atoms with Crippen molar-refractivity contribution >= 4 is 5.91 Å². The summed E-state index contributed by atoms with van der Waals surface area (Å²) < 4.78 is 12.8. The van der Waals surface area contributed by atoms with Gasteiger partial charge in [-0.1, -0.05) is 13.8 Å². The highest BCUT2D eigenvalue weighted by Gasteiger charge is 2.33. The third kappa shape index (κ3) is 2.40. The van der Waals surface area contributed by atoms with Crippen LogP contribution < -0.4 is 0 Å². The molecular formula is C13H16FNO2. The maximum atomic E-state index is 12.8. The summed E-state index contributed by atoms with van der Waals surface area (Å²) in [5.74, 6) is -1.06. The number of amides is 1. The monoisotopic (exact) mass is 237 g/mol. The number of rotatable bonds is 1. The fourth-order valence-corrected chi connectivity index (χ4v) is 2.14. The number of nitrogens with zero attached hydrogens (tertiary/aromatic N) is 1. The van der Waals surface area contributed by atoms with Gasteiger partial charge in [0.2, 0.25) is 0 Å². The normalized spacial score (nSPS) is 18.4. The Balaban J connectivity index is 2.21. The minimum Gasteiger partial charge on any atom is -0.507 e. The van der Waals surface area contributed by atoms with E-state index in [-0.39, 0.29) is 22.6 Å². The van der Waals surface area contributed by atoms with Gasteiger partial charge in [-0.3, -0.25) is 4.79 Å². The molecule has 3 nitrogen and oxygen atoms in total. The van der Waals surface area contributed by atoms with Crippen molar-refractivity contribution in [2.24, 2.45) is 5.41 Å². The van der Waals surface area contributed by atoms with Crippen molar-refractivity contribution in [3.8, 4) is 5.75 Å².